The molecule has 1 amide bonds. The normalized spacial score (nSPS) is 10.5. The standard InChI is InChI=1S/C21H32ClNO3/c1-2-3-4-5-6-7-8-9-17-26-21(25)12-10-11-20(24)23-19-15-13-18(22)14-16-19/h13-16H,2-12,17H2,1H3,(H,23,24). The maximum atomic E-state index is 11.8. The van der Waals surface area contributed by atoms with Crippen LogP contribution in [0.15, 0.2) is 24.3 Å². The Kier molecular flexibility index (Phi) is 12.6. The van der Waals surface area contributed by atoms with Crippen LogP contribution < -0.4 is 5.32 Å². The minimum atomic E-state index is -0.216. The van der Waals surface area contributed by atoms with E-state index in [1.165, 1.54) is 38.5 Å². The predicted molar refractivity (Wildman–Crippen MR) is 108 cm³/mol. The van der Waals surface area contributed by atoms with Crippen molar-refractivity contribution in [1.29, 1.82) is 0 Å². The van der Waals surface area contributed by atoms with Gasteiger partial charge in [-0.3, -0.25) is 9.59 Å². The summed E-state index contributed by atoms with van der Waals surface area (Å²) in [6.07, 6.45) is 10.9. The summed E-state index contributed by atoms with van der Waals surface area (Å²) in [5.41, 5.74) is 0.705. The highest BCUT2D eigenvalue weighted by molar-refractivity contribution is 6.30. The van der Waals surface area contributed by atoms with Crippen LogP contribution in [0.1, 0.15) is 77.6 Å². The van der Waals surface area contributed by atoms with Crippen LogP contribution >= 0.6 is 11.6 Å². The summed E-state index contributed by atoms with van der Waals surface area (Å²) in [6.45, 7) is 2.71. The highest BCUT2D eigenvalue weighted by Gasteiger charge is 2.07. The van der Waals surface area contributed by atoms with Crippen molar-refractivity contribution >= 4 is 29.2 Å². The zero-order valence-corrected chi connectivity index (χ0v) is 16.7. The summed E-state index contributed by atoms with van der Waals surface area (Å²) in [6, 6.07) is 6.94. The van der Waals surface area contributed by atoms with Crippen molar-refractivity contribution in [2.75, 3.05) is 11.9 Å². The fourth-order valence-corrected chi connectivity index (χ4v) is 2.77. The first kappa shape index (κ1) is 22.5. The molecule has 0 radical (unpaired) electrons. The van der Waals surface area contributed by atoms with E-state index in [1.54, 1.807) is 24.3 Å². The topological polar surface area (TPSA) is 55.4 Å². The zero-order chi connectivity index (χ0) is 19.0. The summed E-state index contributed by atoms with van der Waals surface area (Å²) < 4.78 is 5.22. The Morgan fingerprint density at radius 1 is 0.885 bits per heavy atom. The van der Waals surface area contributed by atoms with Crippen molar-refractivity contribution in [3.63, 3.8) is 0 Å². The molecule has 0 aliphatic rings. The van der Waals surface area contributed by atoms with E-state index in [4.69, 9.17) is 16.3 Å². The van der Waals surface area contributed by atoms with Gasteiger partial charge in [-0.05, 0) is 37.1 Å². The van der Waals surface area contributed by atoms with Crippen LogP contribution in [0.4, 0.5) is 5.69 Å². The van der Waals surface area contributed by atoms with Crippen LogP contribution in [0.5, 0.6) is 0 Å². The number of halogens is 1. The summed E-state index contributed by atoms with van der Waals surface area (Å²) in [5.74, 6) is -0.324. The molecule has 5 heteroatoms. The van der Waals surface area contributed by atoms with E-state index in [0.717, 1.165) is 12.8 Å². The van der Waals surface area contributed by atoms with E-state index in [1.807, 2.05) is 0 Å². The molecule has 146 valence electrons. The number of esters is 1. The first-order valence-electron chi connectivity index (χ1n) is 9.83. The molecule has 1 rings (SSSR count). The molecule has 26 heavy (non-hydrogen) atoms. The van der Waals surface area contributed by atoms with E-state index < -0.39 is 0 Å². The molecule has 1 N–H and O–H groups in total. The second kappa shape index (κ2) is 14.6. The molecule has 1 aromatic rings. The molecular formula is C21H32ClNO3. The lowest BCUT2D eigenvalue weighted by molar-refractivity contribution is -0.143. The van der Waals surface area contributed by atoms with Gasteiger partial charge in [0.25, 0.3) is 0 Å². The Bertz CT molecular complexity index is 516. The molecule has 0 unspecified atom stereocenters. The maximum absolute atomic E-state index is 11.8. The summed E-state index contributed by atoms with van der Waals surface area (Å²) in [7, 11) is 0. The second-order valence-corrected chi connectivity index (χ2v) is 7.04. The van der Waals surface area contributed by atoms with E-state index in [-0.39, 0.29) is 18.3 Å². The number of rotatable bonds is 14. The molecule has 1 aromatic carbocycles. The van der Waals surface area contributed by atoms with E-state index in [9.17, 15) is 9.59 Å². The lowest BCUT2D eigenvalue weighted by atomic mass is 10.1. The molecule has 0 aliphatic carbocycles. The summed E-state index contributed by atoms with van der Waals surface area (Å²) in [5, 5.41) is 3.40. The van der Waals surface area contributed by atoms with Crippen molar-refractivity contribution in [2.24, 2.45) is 0 Å². The van der Waals surface area contributed by atoms with E-state index in [0.29, 0.717) is 30.2 Å². The number of benzene rings is 1. The smallest absolute Gasteiger partial charge is 0.305 e. The van der Waals surface area contributed by atoms with Crippen molar-refractivity contribution in [3.05, 3.63) is 29.3 Å². The lowest BCUT2D eigenvalue weighted by Gasteiger charge is -2.06. The molecule has 0 aliphatic heterocycles. The third-order valence-electron chi connectivity index (χ3n) is 4.17. The van der Waals surface area contributed by atoms with Gasteiger partial charge in [-0.15, -0.1) is 0 Å². The van der Waals surface area contributed by atoms with Gasteiger partial charge in [-0.2, -0.15) is 0 Å². The maximum Gasteiger partial charge on any atom is 0.305 e. The Labute approximate surface area is 162 Å². The van der Waals surface area contributed by atoms with Crippen LogP contribution in [0, 0.1) is 0 Å². The highest BCUT2D eigenvalue weighted by Crippen LogP contribution is 2.14. The summed E-state index contributed by atoms with van der Waals surface area (Å²) in [4.78, 5) is 23.5. The number of hydrogen-bond donors (Lipinski definition) is 1. The molecule has 0 atom stereocenters. The minimum Gasteiger partial charge on any atom is -0.466 e. The van der Waals surface area contributed by atoms with Gasteiger partial charge in [0.05, 0.1) is 6.61 Å². The van der Waals surface area contributed by atoms with Crippen LogP contribution in [0.25, 0.3) is 0 Å². The predicted octanol–water partition coefficient (Wildman–Crippen LogP) is 6.13. The van der Waals surface area contributed by atoms with Gasteiger partial charge in [-0.25, -0.2) is 0 Å². The highest BCUT2D eigenvalue weighted by atomic mass is 35.5. The largest absolute Gasteiger partial charge is 0.466 e. The number of ether oxygens (including phenoxy) is 1. The molecule has 0 fully saturated rings. The number of nitrogens with one attached hydrogen (secondary N) is 1. The Hall–Kier alpha value is -1.55. The Morgan fingerprint density at radius 2 is 1.50 bits per heavy atom. The monoisotopic (exact) mass is 381 g/mol. The van der Waals surface area contributed by atoms with Crippen LogP contribution in [-0.4, -0.2) is 18.5 Å². The van der Waals surface area contributed by atoms with Gasteiger partial charge in [-0.1, -0.05) is 63.5 Å². The zero-order valence-electron chi connectivity index (χ0n) is 15.9. The SMILES string of the molecule is CCCCCCCCCCOC(=O)CCCC(=O)Nc1ccc(Cl)cc1. The first-order valence-corrected chi connectivity index (χ1v) is 10.2. The fourth-order valence-electron chi connectivity index (χ4n) is 2.64. The van der Waals surface area contributed by atoms with Gasteiger partial charge in [0, 0.05) is 23.6 Å². The Balaban J connectivity index is 1.96. The number of hydrogen-bond acceptors (Lipinski definition) is 3. The first-order chi connectivity index (χ1) is 12.6. The van der Waals surface area contributed by atoms with Gasteiger partial charge in [0.2, 0.25) is 5.91 Å². The molecule has 0 saturated carbocycles. The summed E-state index contributed by atoms with van der Waals surface area (Å²) >= 11 is 5.80. The Morgan fingerprint density at radius 3 is 2.15 bits per heavy atom. The third kappa shape index (κ3) is 11.9. The van der Waals surface area contributed by atoms with Crippen molar-refractivity contribution in [1.82, 2.24) is 0 Å². The quantitative estimate of drug-likeness (QED) is 0.311. The van der Waals surface area contributed by atoms with Gasteiger partial charge in [0.15, 0.2) is 0 Å². The molecule has 0 spiro atoms. The van der Waals surface area contributed by atoms with Crippen molar-refractivity contribution in [3.8, 4) is 0 Å². The average Bonchev–Trinajstić information content (AvgIpc) is 2.62. The van der Waals surface area contributed by atoms with Crippen LogP contribution in [0.2, 0.25) is 5.02 Å². The number of unbranched alkanes of at least 4 members (excludes halogenated alkanes) is 7. The van der Waals surface area contributed by atoms with Crippen molar-refractivity contribution in [2.45, 2.75) is 77.6 Å². The molecule has 4 nitrogen and oxygen atoms in total. The number of anilines is 1. The van der Waals surface area contributed by atoms with Crippen LogP contribution in [0.3, 0.4) is 0 Å². The minimum absolute atomic E-state index is 0.108. The van der Waals surface area contributed by atoms with Crippen molar-refractivity contribution < 1.29 is 14.3 Å². The number of amides is 1. The van der Waals surface area contributed by atoms with Gasteiger partial charge in [0.1, 0.15) is 0 Å². The average molecular weight is 382 g/mol. The molecule has 0 aromatic heterocycles. The third-order valence-corrected chi connectivity index (χ3v) is 4.43. The molecule has 0 heterocycles. The van der Waals surface area contributed by atoms with E-state index >= 15 is 0 Å². The number of carbonyl (C=O) groups is 2. The fraction of sp³-hybridized carbons (Fsp3) is 0.619. The van der Waals surface area contributed by atoms with Gasteiger partial charge >= 0.3 is 5.97 Å². The molecule has 0 saturated heterocycles. The van der Waals surface area contributed by atoms with Crippen LogP contribution in [-0.2, 0) is 14.3 Å². The lowest BCUT2D eigenvalue weighted by Crippen LogP contribution is -2.12. The molecular weight excluding hydrogens is 350 g/mol. The molecule has 0 bridgehead atoms. The number of carbonyl (C=O) groups excluding carboxylic acids is 2. The van der Waals surface area contributed by atoms with E-state index in [2.05, 4.69) is 12.2 Å². The van der Waals surface area contributed by atoms with Gasteiger partial charge < -0.3 is 10.1 Å². The second-order valence-electron chi connectivity index (χ2n) is 6.60.